The van der Waals surface area contributed by atoms with Crippen LogP contribution >= 0.6 is 0 Å². The number of ether oxygens (including phenoxy) is 2. The van der Waals surface area contributed by atoms with Crippen LogP contribution in [0.25, 0.3) is 0 Å². The summed E-state index contributed by atoms with van der Waals surface area (Å²) in [4.78, 5) is 1.51. The van der Waals surface area contributed by atoms with Crippen molar-refractivity contribution in [1.82, 2.24) is 0 Å². The van der Waals surface area contributed by atoms with E-state index in [1.165, 1.54) is 11.0 Å². The van der Waals surface area contributed by atoms with Gasteiger partial charge in [-0.2, -0.15) is 0 Å². The summed E-state index contributed by atoms with van der Waals surface area (Å²) in [6.45, 7) is 3.01. The molecular weight excluding hydrogens is 319 g/mol. The SMILES string of the molecule is COc1ccc(OC)c(C[NH+]2CCC(Nc3ccccc3F)CC2)c1. The second-order valence-electron chi connectivity index (χ2n) is 6.50. The molecule has 0 amide bonds. The number of halogens is 1. The van der Waals surface area contributed by atoms with Crippen LogP contribution in [-0.2, 0) is 6.54 Å². The molecule has 0 spiro atoms. The van der Waals surface area contributed by atoms with Crippen LogP contribution in [0.15, 0.2) is 42.5 Å². The molecule has 4 nitrogen and oxygen atoms in total. The predicted octanol–water partition coefficient (Wildman–Crippen LogP) is 2.50. The monoisotopic (exact) mass is 345 g/mol. The minimum Gasteiger partial charge on any atom is -0.497 e. The second-order valence-corrected chi connectivity index (χ2v) is 6.50. The van der Waals surface area contributed by atoms with E-state index in [-0.39, 0.29) is 5.82 Å². The average molecular weight is 345 g/mol. The van der Waals surface area contributed by atoms with Gasteiger partial charge in [0, 0.05) is 18.9 Å². The number of hydrogen-bond acceptors (Lipinski definition) is 3. The molecule has 0 saturated carbocycles. The Morgan fingerprint density at radius 3 is 2.52 bits per heavy atom. The van der Waals surface area contributed by atoms with Gasteiger partial charge >= 0.3 is 0 Å². The number of benzene rings is 2. The highest BCUT2D eigenvalue weighted by Crippen LogP contribution is 2.23. The third kappa shape index (κ3) is 4.42. The summed E-state index contributed by atoms with van der Waals surface area (Å²) in [5.74, 6) is 1.57. The van der Waals surface area contributed by atoms with Crippen molar-refractivity contribution in [2.24, 2.45) is 0 Å². The van der Waals surface area contributed by atoms with Crippen LogP contribution in [0.2, 0.25) is 0 Å². The van der Waals surface area contributed by atoms with E-state index in [9.17, 15) is 4.39 Å². The number of quaternary nitrogens is 1. The van der Waals surface area contributed by atoms with Crippen LogP contribution < -0.4 is 19.7 Å². The number of nitrogens with one attached hydrogen (secondary N) is 2. The first-order chi connectivity index (χ1) is 12.2. The lowest BCUT2D eigenvalue weighted by atomic mass is 10.0. The van der Waals surface area contributed by atoms with Gasteiger partial charge in [-0.05, 0) is 30.3 Å². The molecule has 5 heteroatoms. The Morgan fingerprint density at radius 2 is 1.84 bits per heavy atom. The molecule has 0 bridgehead atoms. The van der Waals surface area contributed by atoms with Gasteiger partial charge in [-0.25, -0.2) is 4.39 Å². The number of para-hydroxylation sites is 1. The molecule has 0 aliphatic carbocycles. The van der Waals surface area contributed by atoms with Crippen LogP contribution in [0.5, 0.6) is 11.5 Å². The summed E-state index contributed by atoms with van der Waals surface area (Å²) in [6, 6.07) is 13.1. The van der Waals surface area contributed by atoms with E-state index in [2.05, 4.69) is 11.4 Å². The van der Waals surface area contributed by atoms with Crippen molar-refractivity contribution in [3.8, 4) is 11.5 Å². The second kappa shape index (κ2) is 8.21. The molecule has 25 heavy (non-hydrogen) atoms. The van der Waals surface area contributed by atoms with E-state index in [1.807, 2.05) is 18.2 Å². The molecule has 1 aliphatic heterocycles. The van der Waals surface area contributed by atoms with Gasteiger partial charge in [-0.15, -0.1) is 0 Å². The molecule has 1 aliphatic rings. The topological polar surface area (TPSA) is 34.9 Å². The fraction of sp³-hybridized carbons (Fsp3) is 0.400. The smallest absolute Gasteiger partial charge is 0.146 e. The van der Waals surface area contributed by atoms with E-state index >= 15 is 0 Å². The molecule has 1 heterocycles. The van der Waals surface area contributed by atoms with E-state index in [0.29, 0.717) is 11.7 Å². The molecule has 1 saturated heterocycles. The molecule has 0 aromatic heterocycles. The van der Waals surface area contributed by atoms with Crippen molar-refractivity contribution in [2.75, 3.05) is 32.6 Å². The fourth-order valence-electron chi connectivity index (χ4n) is 3.43. The van der Waals surface area contributed by atoms with Crippen molar-refractivity contribution < 1.29 is 18.8 Å². The van der Waals surface area contributed by atoms with Gasteiger partial charge in [0.1, 0.15) is 23.9 Å². The van der Waals surface area contributed by atoms with Gasteiger partial charge in [0.15, 0.2) is 0 Å². The van der Waals surface area contributed by atoms with Crippen LogP contribution in [0.4, 0.5) is 10.1 Å². The fourth-order valence-corrected chi connectivity index (χ4v) is 3.43. The molecule has 134 valence electrons. The average Bonchev–Trinajstić information content (AvgIpc) is 2.65. The van der Waals surface area contributed by atoms with Crippen molar-refractivity contribution in [2.45, 2.75) is 25.4 Å². The Labute approximate surface area is 148 Å². The highest BCUT2D eigenvalue weighted by molar-refractivity contribution is 5.45. The summed E-state index contributed by atoms with van der Waals surface area (Å²) in [5.41, 5.74) is 1.77. The number of piperidine rings is 1. The Bertz CT molecular complexity index is 700. The van der Waals surface area contributed by atoms with Gasteiger partial charge < -0.3 is 19.7 Å². The molecular formula is C20H26FN2O2+. The molecule has 0 radical (unpaired) electrons. The van der Waals surface area contributed by atoms with Crippen molar-refractivity contribution in [1.29, 1.82) is 0 Å². The third-order valence-electron chi connectivity index (χ3n) is 4.85. The van der Waals surface area contributed by atoms with Crippen molar-refractivity contribution in [3.05, 3.63) is 53.8 Å². The van der Waals surface area contributed by atoms with E-state index in [1.54, 1.807) is 26.4 Å². The first-order valence-electron chi connectivity index (χ1n) is 8.75. The molecule has 2 aromatic carbocycles. The normalized spacial score (nSPS) is 20.1. The van der Waals surface area contributed by atoms with Gasteiger partial charge in [0.25, 0.3) is 0 Å². The quantitative estimate of drug-likeness (QED) is 0.844. The summed E-state index contributed by atoms with van der Waals surface area (Å²) in [5, 5.41) is 3.34. The first kappa shape index (κ1) is 17.5. The zero-order valence-electron chi connectivity index (χ0n) is 14.8. The Morgan fingerprint density at radius 1 is 1.08 bits per heavy atom. The Balaban J connectivity index is 1.57. The van der Waals surface area contributed by atoms with Crippen molar-refractivity contribution >= 4 is 5.69 Å². The summed E-state index contributed by atoms with van der Waals surface area (Å²) < 4.78 is 24.6. The largest absolute Gasteiger partial charge is 0.497 e. The minimum absolute atomic E-state index is 0.182. The van der Waals surface area contributed by atoms with Gasteiger partial charge in [0.2, 0.25) is 0 Å². The summed E-state index contributed by atoms with van der Waals surface area (Å²) >= 11 is 0. The lowest BCUT2D eigenvalue weighted by molar-refractivity contribution is -0.918. The number of anilines is 1. The maximum absolute atomic E-state index is 13.8. The molecule has 0 atom stereocenters. The predicted molar refractivity (Wildman–Crippen MR) is 97.0 cm³/mol. The van der Waals surface area contributed by atoms with E-state index < -0.39 is 0 Å². The molecule has 0 unspecified atom stereocenters. The molecule has 3 rings (SSSR count). The number of likely N-dealkylation sites (tertiary alicyclic amines) is 1. The maximum atomic E-state index is 13.8. The van der Waals surface area contributed by atoms with Crippen molar-refractivity contribution in [3.63, 3.8) is 0 Å². The lowest BCUT2D eigenvalue weighted by Gasteiger charge is -2.30. The Kier molecular flexibility index (Phi) is 5.76. The molecule has 2 N–H and O–H groups in total. The standard InChI is InChI=1S/C20H25FN2O2/c1-24-17-7-8-20(25-2)15(13-17)14-23-11-9-16(10-12-23)22-19-6-4-3-5-18(19)21/h3-8,13,16,22H,9-12,14H2,1-2H3/p+1. The van der Waals surface area contributed by atoms with Crippen LogP contribution in [0, 0.1) is 5.82 Å². The molecule has 1 fully saturated rings. The highest BCUT2D eigenvalue weighted by atomic mass is 19.1. The third-order valence-corrected chi connectivity index (χ3v) is 4.85. The molecule has 2 aromatic rings. The Hall–Kier alpha value is -2.27. The number of methoxy groups -OCH3 is 2. The first-order valence-corrected chi connectivity index (χ1v) is 8.75. The van der Waals surface area contributed by atoms with Crippen LogP contribution in [0.1, 0.15) is 18.4 Å². The van der Waals surface area contributed by atoms with E-state index in [4.69, 9.17) is 9.47 Å². The zero-order chi connectivity index (χ0) is 17.6. The summed E-state index contributed by atoms with van der Waals surface area (Å²) in [7, 11) is 3.38. The maximum Gasteiger partial charge on any atom is 0.146 e. The summed E-state index contributed by atoms with van der Waals surface area (Å²) in [6.07, 6.45) is 2.05. The number of rotatable bonds is 6. The number of hydrogen-bond donors (Lipinski definition) is 2. The van der Waals surface area contributed by atoms with Crippen LogP contribution in [-0.4, -0.2) is 33.4 Å². The van der Waals surface area contributed by atoms with Gasteiger partial charge in [0.05, 0.1) is 38.6 Å². The minimum atomic E-state index is -0.182. The van der Waals surface area contributed by atoms with E-state index in [0.717, 1.165) is 49.5 Å². The van der Waals surface area contributed by atoms with Gasteiger partial charge in [-0.3, -0.25) is 0 Å². The lowest BCUT2D eigenvalue weighted by Crippen LogP contribution is -3.12. The van der Waals surface area contributed by atoms with Crippen LogP contribution in [0.3, 0.4) is 0 Å². The van der Waals surface area contributed by atoms with Gasteiger partial charge in [-0.1, -0.05) is 12.1 Å². The zero-order valence-corrected chi connectivity index (χ0v) is 14.8. The highest BCUT2D eigenvalue weighted by Gasteiger charge is 2.23.